The van der Waals surface area contributed by atoms with Crippen LogP contribution in [0.4, 0.5) is 10.1 Å². The topological polar surface area (TPSA) is 55.1 Å². The lowest BCUT2D eigenvalue weighted by Crippen LogP contribution is -2.37. The highest BCUT2D eigenvalue weighted by molar-refractivity contribution is 9.10. The predicted octanol–water partition coefficient (Wildman–Crippen LogP) is 3.41. The third kappa shape index (κ3) is 4.12. The lowest BCUT2D eigenvalue weighted by molar-refractivity contribution is -0.117. The Morgan fingerprint density at radius 3 is 2.67 bits per heavy atom. The highest BCUT2D eigenvalue weighted by Crippen LogP contribution is 2.24. The summed E-state index contributed by atoms with van der Waals surface area (Å²) in [7, 11) is 0. The van der Waals surface area contributed by atoms with Crippen LogP contribution < -0.4 is 11.1 Å². The van der Waals surface area contributed by atoms with E-state index < -0.39 is 11.9 Å². The van der Waals surface area contributed by atoms with E-state index in [1.807, 2.05) is 30.3 Å². The first kappa shape index (κ1) is 15.7. The van der Waals surface area contributed by atoms with Crippen molar-refractivity contribution in [2.45, 2.75) is 19.4 Å². The molecule has 1 amide bonds. The molecule has 2 rings (SSSR count). The molecule has 0 bridgehead atoms. The minimum atomic E-state index is -0.682. The number of aryl methyl sites for hydroxylation is 1. The Balaban J connectivity index is 2.06. The van der Waals surface area contributed by atoms with Gasteiger partial charge in [0.25, 0.3) is 0 Å². The van der Waals surface area contributed by atoms with E-state index >= 15 is 0 Å². The summed E-state index contributed by atoms with van der Waals surface area (Å²) >= 11 is 3.11. The Kier molecular flexibility index (Phi) is 5.09. The number of rotatable bonds is 4. The summed E-state index contributed by atoms with van der Waals surface area (Å²) in [5.74, 6) is -0.754. The first-order valence-corrected chi connectivity index (χ1v) is 7.32. The summed E-state index contributed by atoms with van der Waals surface area (Å²) in [6.45, 7) is 1.79. The van der Waals surface area contributed by atoms with E-state index in [4.69, 9.17) is 5.73 Å². The number of hydrogen-bond acceptors (Lipinski definition) is 2. The molecule has 0 unspecified atom stereocenters. The Labute approximate surface area is 131 Å². The fraction of sp³-hybridized carbons (Fsp3) is 0.188. The van der Waals surface area contributed by atoms with Crippen molar-refractivity contribution >= 4 is 27.5 Å². The fourth-order valence-electron chi connectivity index (χ4n) is 1.97. The van der Waals surface area contributed by atoms with Crippen LogP contribution in [0.5, 0.6) is 0 Å². The first-order valence-electron chi connectivity index (χ1n) is 6.53. The highest BCUT2D eigenvalue weighted by Gasteiger charge is 2.16. The molecule has 0 aliphatic heterocycles. The average molecular weight is 351 g/mol. The van der Waals surface area contributed by atoms with E-state index in [1.165, 1.54) is 6.07 Å². The van der Waals surface area contributed by atoms with Crippen molar-refractivity contribution in [2.75, 3.05) is 5.32 Å². The number of carbonyl (C=O) groups excluding carboxylic acids is 1. The molecule has 0 saturated carbocycles. The van der Waals surface area contributed by atoms with Gasteiger partial charge in [-0.25, -0.2) is 4.39 Å². The maximum atomic E-state index is 13.5. The van der Waals surface area contributed by atoms with E-state index in [0.29, 0.717) is 16.6 Å². The zero-order valence-corrected chi connectivity index (χ0v) is 13.2. The molecule has 5 heteroatoms. The Morgan fingerprint density at radius 2 is 2.00 bits per heavy atom. The lowest BCUT2D eigenvalue weighted by atomic mass is 10.1. The second kappa shape index (κ2) is 6.83. The largest absolute Gasteiger partial charge is 0.324 e. The van der Waals surface area contributed by atoms with Gasteiger partial charge in [-0.3, -0.25) is 4.79 Å². The molecule has 0 radical (unpaired) electrons. The molecule has 0 heterocycles. The lowest BCUT2D eigenvalue weighted by Gasteiger charge is -2.14. The van der Waals surface area contributed by atoms with Crippen molar-refractivity contribution in [1.29, 1.82) is 0 Å². The van der Waals surface area contributed by atoms with Gasteiger partial charge in [0, 0.05) is 5.69 Å². The molecule has 0 saturated heterocycles. The molecule has 0 aromatic heterocycles. The summed E-state index contributed by atoms with van der Waals surface area (Å²) in [6.07, 6.45) is 0.435. The van der Waals surface area contributed by atoms with Crippen molar-refractivity contribution in [3.63, 3.8) is 0 Å². The van der Waals surface area contributed by atoms with E-state index in [2.05, 4.69) is 21.2 Å². The van der Waals surface area contributed by atoms with Gasteiger partial charge in [0.05, 0.1) is 10.5 Å². The summed E-state index contributed by atoms with van der Waals surface area (Å²) in [6, 6.07) is 11.7. The van der Waals surface area contributed by atoms with Crippen molar-refractivity contribution in [2.24, 2.45) is 5.73 Å². The normalized spacial score (nSPS) is 12.0. The van der Waals surface area contributed by atoms with Gasteiger partial charge in [-0.15, -0.1) is 0 Å². The molecule has 2 aromatic carbocycles. The van der Waals surface area contributed by atoms with Gasteiger partial charge in [-0.05, 0) is 52.5 Å². The van der Waals surface area contributed by atoms with Gasteiger partial charge >= 0.3 is 0 Å². The molecule has 21 heavy (non-hydrogen) atoms. The number of nitrogens with one attached hydrogen (secondary N) is 1. The van der Waals surface area contributed by atoms with Gasteiger partial charge in [-0.2, -0.15) is 0 Å². The van der Waals surface area contributed by atoms with E-state index in [-0.39, 0.29) is 5.91 Å². The molecule has 0 aliphatic carbocycles. The zero-order valence-electron chi connectivity index (χ0n) is 11.6. The third-order valence-corrected chi connectivity index (χ3v) is 3.77. The van der Waals surface area contributed by atoms with Gasteiger partial charge < -0.3 is 11.1 Å². The van der Waals surface area contributed by atoms with E-state index in [1.54, 1.807) is 13.0 Å². The molecule has 0 fully saturated rings. The number of amides is 1. The second-order valence-corrected chi connectivity index (χ2v) is 5.72. The SMILES string of the molecule is Cc1cc(Br)c(F)cc1NC(=O)[C@H](N)Cc1ccccc1. The van der Waals surface area contributed by atoms with Crippen LogP contribution in [-0.2, 0) is 11.2 Å². The molecular weight excluding hydrogens is 335 g/mol. The number of nitrogens with two attached hydrogens (primary N) is 1. The summed E-state index contributed by atoms with van der Waals surface area (Å²) in [5.41, 5.74) is 8.09. The van der Waals surface area contributed by atoms with E-state index in [9.17, 15) is 9.18 Å². The number of hydrogen-bond donors (Lipinski definition) is 2. The number of benzene rings is 2. The van der Waals surface area contributed by atoms with Crippen LogP contribution in [0, 0.1) is 12.7 Å². The molecule has 1 atom stereocenters. The third-order valence-electron chi connectivity index (χ3n) is 3.16. The maximum Gasteiger partial charge on any atom is 0.241 e. The zero-order chi connectivity index (χ0) is 15.4. The quantitative estimate of drug-likeness (QED) is 0.887. The van der Waals surface area contributed by atoms with Gasteiger partial charge in [0.2, 0.25) is 5.91 Å². The minimum Gasteiger partial charge on any atom is -0.324 e. The Hall–Kier alpha value is -1.72. The monoisotopic (exact) mass is 350 g/mol. The van der Waals surface area contributed by atoms with Crippen molar-refractivity contribution in [3.8, 4) is 0 Å². The number of carbonyl (C=O) groups is 1. The molecular formula is C16H16BrFN2O. The summed E-state index contributed by atoms with van der Waals surface area (Å²) in [5, 5.41) is 2.67. The first-order chi connectivity index (χ1) is 9.97. The molecule has 110 valence electrons. The smallest absolute Gasteiger partial charge is 0.241 e. The van der Waals surface area contributed by atoms with Crippen LogP contribution in [-0.4, -0.2) is 11.9 Å². The van der Waals surface area contributed by atoms with Crippen LogP contribution in [0.1, 0.15) is 11.1 Å². The van der Waals surface area contributed by atoms with Crippen molar-refractivity contribution < 1.29 is 9.18 Å². The van der Waals surface area contributed by atoms with E-state index in [0.717, 1.165) is 11.1 Å². The van der Waals surface area contributed by atoms with Crippen molar-refractivity contribution in [1.82, 2.24) is 0 Å². The van der Waals surface area contributed by atoms with Gasteiger partial charge in [-0.1, -0.05) is 30.3 Å². The fourth-order valence-corrected chi connectivity index (χ4v) is 2.42. The molecule has 0 aliphatic rings. The van der Waals surface area contributed by atoms with Crippen LogP contribution in [0.25, 0.3) is 0 Å². The van der Waals surface area contributed by atoms with Crippen LogP contribution >= 0.6 is 15.9 Å². The van der Waals surface area contributed by atoms with Crippen molar-refractivity contribution in [3.05, 3.63) is 63.9 Å². The minimum absolute atomic E-state index is 0.330. The maximum absolute atomic E-state index is 13.5. The predicted molar refractivity (Wildman–Crippen MR) is 85.6 cm³/mol. The highest BCUT2D eigenvalue weighted by atomic mass is 79.9. The second-order valence-electron chi connectivity index (χ2n) is 4.87. The molecule has 2 aromatic rings. The Morgan fingerprint density at radius 1 is 1.33 bits per heavy atom. The van der Waals surface area contributed by atoms with Gasteiger partial charge in [0.15, 0.2) is 0 Å². The summed E-state index contributed by atoms with van der Waals surface area (Å²) in [4.78, 5) is 12.1. The van der Waals surface area contributed by atoms with Crippen LogP contribution in [0.3, 0.4) is 0 Å². The number of halogens is 2. The molecule has 3 nitrogen and oxygen atoms in total. The molecule has 0 spiro atoms. The summed E-state index contributed by atoms with van der Waals surface area (Å²) < 4.78 is 13.9. The Bertz CT molecular complexity index is 646. The number of anilines is 1. The van der Waals surface area contributed by atoms with Crippen LogP contribution in [0.15, 0.2) is 46.9 Å². The standard InChI is InChI=1S/C16H16BrFN2O/c1-10-7-12(17)13(18)9-15(10)20-16(21)14(19)8-11-5-3-2-4-6-11/h2-7,9,14H,8,19H2,1H3,(H,20,21)/t14-/m1/s1. The van der Waals surface area contributed by atoms with Crippen LogP contribution in [0.2, 0.25) is 0 Å². The molecule has 3 N–H and O–H groups in total. The van der Waals surface area contributed by atoms with Gasteiger partial charge in [0.1, 0.15) is 5.82 Å². The average Bonchev–Trinajstić information content (AvgIpc) is 2.45.